The second kappa shape index (κ2) is 25.3. The van der Waals surface area contributed by atoms with Gasteiger partial charge in [-0.05, 0) is 48.9 Å². The number of unbranched alkanes of at least 4 members (excludes halogenated alkanes) is 18. The molecule has 0 radical (unpaired) electrons. The zero-order chi connectivity index (χ0) is 27.5. The minimum Gasteiger partial charge on any atom is -0.508 e. The largest absolute Gasteiger partial charge is 0.508 e. The number of phenols is 2. The first kappa shape index (κ1) is 34.1. The van der Waals surface area contributed by atoms with Crippen molar-refractivity contribution in [1.29, 1.82) is 0 Å². The van der Waals surface area contributed by atoms with Gasteiger partial charge in [-0.2, -0.15) is 0 Å². The lowest BCUT2D eigenvalue weighted by molar-refractivity contribution is 0.465. The maximum absolute atomic E-state index is 9.65. The molecule has 2 rings (SSSR count). The molecular weight excluding hydrogens is 464 g/mol. The third kappa shape index (κ3) is 19.2. The Morgan fingerprint density at radius 3 is 0.921 bits per heavy atom. The smallest absolute Gasteiger partial charge is 0.118 e. The third-order valence-electron chi connectivity index (χ3n) is 7.58. The van der Waals surface area contributed by atoms with Crippen LogP contribution in [0.25, 0.3) is 0 Å². The fraction of sp³-hybridized carbons (Fsp3) is 0.667. The molecule has 0 aliphatic heterocycles. The number of aromatic hydroxyl groups is 2. The monoisotopic (exact) mass is 524 g/mol. The molecule has 0 aliphatic carbocycles. The van der Waals surface area contributed by atoms with Gasteiger partial charge in [0.05, 0.1) is 0 Å². The molecule has 0 unspecified atom stereocenters. The summed E-state index contributed by atoms with van der Waals surface area (Å²) in [5, 5.41) is 19.3. The molecule has 2 nitrogen and oxygen atoms in total. The van der Waals surface area contributed by atoms with Gasteiger partial charge in [-0.15, -0.1) is 0 Å². The summed E-state index contributed by atoms with van der Waals surface area (Å²) in [5.41, 5.74) is 2.20. The zero-order valence-electron chi connectivity index (χ0n) is 25.1. The van der Waals surface area contributed by atoms with Crippen LogP contribution in [0.1, 0.15) is 153 Å². The second-order valence-corrected chi connectivity index (χ2v) is 11.1. The maximum Gasteiger partial charge on any atom is 0.118 e. The van der Waals surface area contributed by atoms with Crippen LogP contribution in [-0.2, 0) is 12.8 Å². The molecule has 2 heteroatoms. The van der Waals surface area contributed by atoms with Crippen LogP contribution in [-0.4, -0.2) is 10.2 Å². The summed E-state index contributed by atoms with van der Waals surface area (Å²) < 4.78 is 0. The number of rotatable bonds is 22. The Balaban J connectivity index is 0.000000380. The molecule has 38 heavy (non-hydrogen) atoms. The highest BCUT2D eigenvalue weighted by Crippen LogP contribution is 2.20. The van der Waals surface area contributed by atoms with Gasteiger partial charge in [-0.25, -0.2) is 0 Å². The van der Waals surface area contributed by atoms with E-state index in [1.54, 1.807) is 12.1 Å². The standard InChI is InChI=1S/2C18H30O/c2*1-2-3-4-5-6-7-8-9-10-11-14-17-15-12-13-16-18(17)19/h2*12-13,15-16,19H,2-11,14H2,1H3. The van der Waals surface area contributed by atoms with E-state index in [2.05, 4.69) is 13.8 Å². The Labute approximate surface area is 236 Å². The van der Waals surface area contributed by atoms with Crippen molar-refractivity contribution in [1.82, 2.24) is 0 Å². The van der Waals surface area contributed by atoms with Gasteiger partial charge in [0.15, 0.2) is 0 Å². The van der Waals surface area contributed by atoms with Gasteiger partial charge in [0.1, 0.15) is 11.5 Å². The highest BCUT2D eigenvalue weighted by atomic mass is 16.3. The number of benzene rings is 2. The molecule has 216 valence electrons. The molecule has 0 aliphatic rings. The first-order chi connectivity index (χ1) is 18.7. The lowest BCUT2D eigenvalue weighted by Crippen LogP contribution is -1.87. The minimum absolute atomic E-state index is 0.457. The summed E-state index contributed by atoms with van der Waals surface area (Å²) in [6.07, 6.45) is 29.3. The van der Waals surface area contributed by atoms with Crippen molar-refractivity contribution in [2.45, 2.75) is 155 Å². The normalized spacial score (nSPS) is 10.8. The Bertz CT molecular complexity index is 704. The van der Waals surface area contributed by atoms with E-state index >= 15 is 0 Å². The van der Waals surface area contributed by atoms with Crippen LogP contribution in [0.4, 0.5) is 0 Å². The number of aryl methyl sites for hydroxylation is 2. The minimum atomic E-state index is 0.457. The van der Waals surface area contributed by atoms with E-state index < -0.39 is 0 Å². The first-order valence-electron chi connectivity index (χ1n) is 16.2. The topological polar surface area (TPSA) is 40.5 Å². The summed E-state index contributed by atoms with van der Waals surface area (Å²) in [6, 6.07) is 15.4. The van der Waals surface area contributed by atoms with Crippen molar-refractivity contribution < 1.29 is 10.2 Å². The second-order valence-electron chi connectivity index (χ2n) is 11.1. The van der Waals surface area contributed by atoms with Crippen molar-refractivity contribution in [3.63, 3.8) is 0 Å². The van der Waals surface area contributed by atoms with Crippen molar-refractivity contribution in [2.75, 3.05) is 0 Å². The van der Waals surface area contributed by atoms with Crippen LogP contribution in [0, 0.1) is 0 Å². The Kier molecular flexibility index (Phi) is 22.7. The Morgan fingerprint density at radius 1 is 0.368 bits per heavy atom. The molecule has 0 spiro atoms. The summed E-state index contributed by atoms with van der Waals surface area (Å²) in [6.45, 7) is 4.54. The van der Waals surface area contributed by atoms with Crippen LogP contribution in [0.3, 0.4) is 0 Å². The van der Waals surface area contributed by atoms with E-state index in [9.17, 15) is 10.2 Å². The van der Waals surface area contributed by atoms with Gasteiger partial charge in [0, 0.05) is 0 Å². The quantitative estimate of drug-likeness (QED) is 0.150. The molecule has 2 aromatic rings. The molecule has 0 atom stereocenters. The molecule has 0 saturated heterocycles. The van der Waals surface area contributed by atoms with E-state index in [0.717, 1.165) is 24.0 Å². The SMILES string of the molecule is CCCCCCCCCCCCc1ccccc1O.CCCCCCCCCCCCc1ccccc1O. The van der Waals surface area contributed by atoms with Gasteiger partial charge in [0.25, 0.3) is 0 Å². The van der Waals surface area contributed by atoms with Gasteiger partial charge < -0.3 is 10.2 Å². The summed E-state index contributed by atoms with van der Waals surface area (Å²) in [5.74, 6) is 0.914. The summed E-state index contributed by atoms with van der Waals surface area (Å²) in [4.78, 5) is 0. The van der Waals surface area contributed by atoms with Crippen molar-refractivity contribution in [3.8, 4) is 11.5 Å². The number of para-hydroxylation sites is 2. The lowest BCUT2D eigenvalue weighted by Gasteiger charge is -2.04. The highest BCUT2D eigenvalue weighted by Gasteiger charge is 2.00. The van der Waals surface area contributed by atoms with Crippen LogP contribution < -0.4 is 0 Å². The molecule has 0 saturated carbocycles. The maximum atomic E-state index is 9.65. The van der Waals surface area contributed by atoms with Crippen molar-refractivity contribution in [3.05, 3.63) is 59.7 Å². The van der Waals surface area contributed by atoms with Crippen molar-refractivity contribution in [2.24, 2.45) is 0 Å². The van der Waals surface area contributed by atoms with E-state index in [1.807, 2.05) is 36.4 Å². The molecule has 2 aromatic carbocycles. The molecular formula is C36H60O2. The molecule has 0 aromatic heterocycles. The average Bonchev–Trinajstić information content (AvgIpc) is 2.93. The number of phenolic OH excluding ortho intramolecular Hbond substituents is 2. The summed E-state index contributed by atoms with van der Waals surface area (Å²) >= 11 is 0. The Hall–Kier alpha value is -1.96. The van der Waals surface area contributed by atoms with Gasteiger partial charge in [-0.3, -0.25) is 0 Å². The van der Waals surface area contributed by atoms with Gasteiger partial charge >= 0.3 is 0 Å². The zero-order valence-corrected chi connectivity index (χ0v) is 25.1. The van der Waals surface area contributed by atoms with E-state index in [-0.39, 0.29) is 0 Å². The van der Waals surface area contributed by atoms with Crippen LogP contribution in [0.15, 0.2) is 48.5 Å². The first-order valence-corrected chi connectivity index (χ1v) is 16.2. The highest BCUT2D eigenvalue weighted by molar-refractivity contribution is 5.32. The van der Waals surface area contributed by atoms with Gasteiger partial charge in [-0.1, -0.05) is 166 Å². The molecule has 0 fully saturated rings. The molecule has 2 N–H and O–H groups in total. The predicted octanol–water partition coefficient (Wildman–Crippen LogP) is 11.7. The van der Waals surface area contributed by atoms with Gasteiger partial charge in [0.2, 0.25) is 0 Å². The fourth-order valence-corrected chi connectivity index (χ4v) is 5.05. The van der Waals surface area contributed by atoms with Crippen LogP contribution in [0.5, 0.6) is 11.5 Å². The van der Waals surface area contributed by atoms with Crippen LogP contribution in [0.2, 0.25) is 0 Å². The fourth-order valence-electron chi connectivity index (χ4n) is 5.05. The number of hydrogen-bond donors (Lipinski definition) is 2. The van der Waals surface area contributed by atoms with E-state index in [0.29, 0.717) is 11.5 Å². The van der Waals surface area contributed by atoms with Crippen LogP contribution >= 0.6 is 0 Å². The van der Waals surface area contributed by atoms with Crippen molar-refractivity contribution >= 4 is 0 Å². The van der Waals surface area contributed by atoms with E-state index in [4.69, 9.17) is 0 Å². The molecule has 0 heterocycles. The Morgan fingerprint density at radius 2 is 0.632 bits per heavy atom. The molecule has 0 bridgehead atoms. The van der Waals surface area contributed by atoms with E-state index in [1.165, 1.54) is 128 Å². The number of hydrogen-bond acceptors (Lipinski definition) is 2. The third-order valence-corrected chi connectivity index (χ3v) is 7.58. The average molecular weight is 525 g/mol. The summed E-state index contributed by atoms with van der Waals surface area (Å²) in [7, 11) is 0. The molecule has 0 amide bonds. The lowest BCUT2D eigenvalue weighted by atomic mass is 10.0. The predicted molar refractivity (Wildman–Crippen MR) is 167 cm³/mol.